The topological polar surface area (TPSA) is 62.3 Å². The highest BCUT2D eigenvalue weighted by Crippen LogP contribution is 2.32. The van der Waals surface area contributed by atoms with E-state index < -0.39 is 10.0 Å². The van der Waals surface area contributed by atoms with Gasteiger partial charge in [0.1, 0.15) is 0 Å². The highest BCUT2D eigenvalue weighted by molar-refractivity contribution is 7.89. The molecule has 0 saturated heterocycles. The van der Waals surface area contributed by atoms with E-state index in [9.17, 15) is 8.42 Å². The average Bonchev–Trinajstić information content (AvgIpc) is 2.54. The lowest BCUT2D eigenvalue weighted by Crippen LogP contribution is -2.39. The monoisotopic (exact) mass is 311 g/mol. The lowest BCUT2D eigenvalue weighted by atomic mass is 9.85. The van der Waals surface area contributed by atoms with E-state index in [0.29, 0.717) is 5.69 Å². The predicted octanol–water partition coefficient (Wildman–Crippen LogP) is 2.71. The minimum atomic E-state index is -3.55. The molecule has 1 saturated carbocycles. The standard InChI is InChI=1S/C15H25N3O2S/c1-4-12-7-9-13(10-8-12)18(3)21(19,20)15-14(16-2)6-5-11-17-15/h5-6,11-13,16H,4,7-10H2,1-3H3. The van der Waals surface area contributed by atoms with Crippen molar-refractivity contribution < 1.29 is 8.42 Å². The Balaban J connectivity index is 2.19. The van der Waals surface area contributed by atoms with Gasteiger partial charge in [0.25, 0.3) is 10.0 Å². The molecule has 0 spiro atoms. The van der Waals surface area contributed by atoms with E-state index in [4.69, 9.17) is 0 Å². The molecule has 21 heavy (non-hydrogen) atoms. The SMILES string of the molecule is CCC1CCC(N(C)S(=O)(=O)c2ncccc2NC)CC1. The first-order chi connectivity index (χ1) is 10.0. The van der Waals surface area contributed by atoms with E-state index in [1.165, 1.54) is 16.9 Å². The largest absolute Gasteiger partial charge is 0.386 e. The van der Waals surface area contributed by atoms with E-state index in [1.54, 1.807) is 26.2 Å². The maximum atomic E-state index is 12.8. The molecule has 1 N–H and O–H groups in total. The first kappa shape index (κ1) is 16.2. The Morgan fingerprint density at radius 1 is 1.33 bits per heavy atom. The second kappa shape index (κ2) is 6.75. The minimum absolute atomic E-state index is 0.0875. The fourth-order valence-electron chi connectivity index (χ4n) is 3.04. The zero-order valence-corrected chi connectivity index (χ0v) is 13.9. The van der Waals surface area contributed by atoms with Gasteiger partial charge in [-0.2, -0.15) is 4.31 Å². The molecule has 1 aromatic rings. The molecule has 1 fully saturated rings. The molecule has 0 unspecified atom stereocenters. The van der Waals surface area contributed by atoms with E-state index in [1.807, 2.05) is 0 Å². The number of hydrogen-bond donors (Lipinski definition) is 1. The van der Waals surface area contributed by atoms with E-state index in [-0.39, 0.29) is 11.1 Å². The lowest BCUT2D eigenvalue weighted by Gasteiger charge is -2.33. The first-order valence-corrected chi connectivity index (χ1v) is 9.05. The number of anilines is 1. The summed E-state index contributed by atoms with van der Waals surface area (Å²) in [7, 11) is -0.154. The van der Waals surface area contributed by atoms with Crippen LogP contribution >= 0.6 is 0 Å². The number of hydrogen-bond acceptors (Lipinski definition) is 4. The average molecular weight is 311 g/mol. The Kier molecular flexibility index (Phi) is 5.22. The van der Waals surface area contributed by atoms with Crippen molar-refractivity contribution in [1.29, 1.82) is 0 Å². The lowest BCUT2D eigenvalue weighted by molar-refractivity contribution is 0.232. The summed E-state index contributed by atoms with van der Waals surface area (Å²) in [5, 5.41) is 3.03. The van der Waals surface area contributed by atoms with Crippen LogP contribution in [0.25, 0.3) is 0 Å². The van der Waals surface area contributed by atoms with Crippen molar-refractivity contribution >= 4 is 15.7 Å². The zero-order valence-electron chi connectivity index (χ0n) is 13.0. The van der Waals surface area contributed by atoms with Crippen LogP contribution in [0.1, 0.15) is 39.0 Å². The van der Waals surface area contributed by atoms with Gasteiger partial charge >= 0.3 is 0 Å². The van der Waals surface area contributed by atoms with E-state index in [2.05, 4.69) is 17.2 Å². The van der Waals surface area contributed by atoms with E-state index >= 15 is 0 Å². The van der Waals surface area contributed by atoms with Crippen LogP contribution in [0.3, 0.4) is 0 Å². The molecule has 0 atom stereocenters. The highest BCUT2D eigenvalue weighted by atomic mass is 32.2. The summed E-state index contributed by atoms with van der Waals surface area (Å²) in [5.74, 6) is 0.750. The summed E-state index contributed by atoms with van der Waals surface area (Å²) in [6.07, 6.45) is 6.82. The van der Waals surface area contributed by atoms with Crippen molar-refractivity contribution in [3.63, 3.8) is 0 Å². The summed E-state index contributed by atoms with van der Waals surface area (Å²) >= 11 is 0. The minimum Gasteiger partial charge on any atom is -0.386 e. The number of nitrogens with zero attached hydrogens (tertiary/aromatic N) is 2. The molecule has 0 radical (unpaired) electrons. The summed E-state index contributed by atoms with van der Waals surface area (Å²) in [5.41, 5.74) is 0.548. The maximum absolute atomic E-state index is 12.8. The van der Waals surface area contributed by atoms with Crippen LogP contribution in [0, 0.1) is 5.92 Å². The molecule has 6 heteroatoms. The van der Waals surface area contributed by atoms with Crippen LogP contribution in [-0.4, -0.2) is 37.8 Å². The third-order valence-corrected chi connectivity index (χ3v) is 6.44. The van der Waals surface area contributed by atoms with Crippen molar-refractivity contribution in [3.8, 4) is 0 Å². The molecule has 2 rings (SSSR count). The molecular weight excluding hydrogens is 286 g/mol. The third-order valence-electron chi connectivity index (χ3n) is 4.57. The Labute approximate surface area is 127 Å². The van der Waals surface area contributed by atoms with Crippen molar-refractivity contribution in [2.24, 2.45) is 5.92 Å². The third kappa shape index (κ3) is 3.37. The number of sulfonamides is 1. The van der Waals surface area contributed by atoms with Crippen molar-refractivity contribution in [2.75, 3.05) is 19.4 Å². The molecule has 0 aliphatic heterocycles. The van der Waals surface area contributed by atoms with Gasteiger partial charge in [0.05, 0.1) is 5.69 Å². The van der Waals surface area contributed by atoms with Crippen LogP contribution in [0.4, 0.5) is 5.69 Å². The van der Waals surface area contributed by atoms with Gasteiger partial charge in [-0.15, -0.1) is 0 Å². The number of rotatable bonds is 5. The Morgan fingerprint density at radius 2 is 2.00 bits per heavy atom. The summed E-state index contributed by atoms with van der Waals surface area (Å²) in [6.45, 7) is 2.21. The Hall–Kier alpha value is -1.14. The summed E-state index contributed by atoms with van der Waals surface area (Å²) < 4.78 is 27.1. The Morgan fingerprint density at radius 3 is 2.57 bits per heavy atom. The quantitative estimate of drug-likeness (QED) is 0.908. The molecular formula is C15H25N3O2S. The second-order valence-corrected chi connectivity index (χ2v) is 7.62. The zero-order chi connectivity index (χ0) is 15.5. The predicted molar refractivity (Wildman–Crippen MR) is 84.8 cm³/mol. The number of pyridine rings is 1. The molecule has 1 heterocycles. The number of aromatic nitrogens is 1. The van der Waals surface area contributed by atoms with Crippen LogP contribution in [0.15, 0.2) is 23.4 Å². The van der Waals surface area contributed by atoms with Gasteiger partial charge in [-0.3, -0.25) is 0 Å². The molecule has 118 valence electrons. The molecule has 1 aliphatic carbocycles. The molecule has 0 aromatic carbocycles. The fourth-order valence-corrected chi connectivity index (χ4v) is 4.55. The fraction of sp³-hybridized carbons (Fsp3) is 0.667. The Bertz CT molecular complexity index is 566. The van der Waals surface area contributed by atoms with Crippen molar-refractivity contribution in [1.82, 2.24) is 9.29 Å². The molecule has 0 bridgehead atoms. The van der Waals surface area contributed by atoms with Crippen LogP contribution in [-0.2, 0) is 10.0 Å². The van der Waals surface area contributed by atoms with Crippen molar-refractivity contribution in [2.45, 2.75) is 50.1 Å². The van der Waals surface area contributed by atoms with Crippen LogP contribution in [0.2, 0.25) is 0 Å². The second-order valence-electron chi connectivity index (χ2n) is 5.71. The first-order valence-electron chi connectivity index (χ1n) is 7.61. The van der Waals surface area contributed by atoms with Gasteiger partial charge in [-0.1, -0.05) is 13.3 Å². The van der Waals surface area contributed by atoms with Crippen molar-refractivity contribution in [3.05, 3.63) is 18.3 Å². The van der Waals surface area contributed by atoms with Crippen LogP contribution in [0.5, 0.6) is 0 Å². The van der Waals surface area contributed by atoms with Gasteiger partial charge in [0.2, 0.25) is 0 Å². The molecule has 1 aliphatic rings. The van der Waals surface area contributed by atoms with Crippen LogP contribution < -0.4 is 5.32 Å². The van der Waals surface area contributed by atoms with Gasteiger partial charge in [-0.05, 0) is 43.7 Å². The van der Waals surface area contributed by atoms with Gasteiger partial charge in [0.15, 0.2) is 5.03 Å². The highest BCUT2D eigenvalue weighted by Gasteiger charge is 2.33. The molecule has 1 aromatic heterocycles. The summed E-state index contributed by atoms with van der Waals surface area (Å²) in [6, 6.07) is 3.56. The van der Waals surface area contributed by atoms with Gasteiger partial charge < -0.3 is 5.32 Å². The summed E-state index contributed by atoms with van der Waals surface area (Å²) in [4.78, 5) is 4.08. The smallest absolute Gasteiger partial charge is 0.262 e. The normalized spacial score (nSPS) is 23.2. The van der Waals surface area contributed by atoms with E-state index in [0.717, 1.165) is 31.6 Å². The molecule has 0 amide bonds. The number of nitrogens with one attached hydrogen (secondary N) is 1. The van der Waals surface area contributed by atoms with Gasteiger partial charge in [-0.25, -0.2) is 13.4 Å². The molecule has 5 nitrogen and oxygen atoms in total. The van der Waals surface area contributed by atoms with Gasteiger partial charge in [0, 0.05) is 26.3 Å². The maximum Gasteiger partial charge on any atom is 0.262 e.